The number of sulfone groups is 1. The van der Waals surface area contributed by atoms with Gasteiger partial charge in [-0.25, -0.2) is 13.4 Å². The Labute approximate surface area is 178 Å². The molecule has 0 bridgehead atoms. The molecular formula is C18H29IN4O3S. The third kappa shape index (κ3) is 7.65. The Hall–Kier alpha value is -1.36. The maximum absolute atomic E-state index is 11.5. The van der Waals surface area contributed by atoms with Gasteiger partial charge in [-0.2, -0.15) is 0 Å². The van der Waals surface area contributed by atoms with Crippen molar-refractivity contribution in [3.63, 3.8) is 0 Å². The number of nitrogens with two attached hydrogens (primary N) is 1. The van der Waals surface area contributed by atoms with Crippen LogP contribution in [0.25, 0.3) is 0 Å². The highest BCUT2D eigenvalue weighted by molar-refractivity contribution is 14.0. The summed E-state index contributed by atoms with van der Waals surface area (Å²) in [5.41, 5.74) is 6.28. The predicted octanol–water partition coefficient (Wildman–Crippen LogP) is 1.76. The Kier molecular flexibility index (Phi) is 9.51. The van der Waals surface area contributed by atoms with Crippen molar-refractivity contribution in [1.82, 2.24) is 10.2 Å². The first-order valence-electron chi connectivity index (χ1n) is 8.90. The molecule has 1 saturated heterocycles. The summed E-state index contributed by atoms with van der Waals surface area (Å²) in [5.74, 6) is 0.817. The molecule has 1 atom stereocenters. The van der Waals surface area contributed by atoms with E-state index in [1.54, 1.807) is 24.3 Å². The minimum atomic E-state index is -3.19. The number of benzene rings is 1. The number of nitrogens with one attached hydrogen (secondary N) is 1. The van der Waals surface area contributed by atoms with Gasteiger partial charge in [0.15, 0.2) is 15.8 Å². The van der Waals surface area contributed by atoms with Gasteiger partial charge in [0.1, 0.15) is 0 Å². The number of hydrogen-bond donors (Lipinski definition) is 2. The molecule has 3 N–H and O–H groups in total. The van der Waals surface area contributed by atoms with Crippen molar-refractivity contribution in [1.29, 1.82) is 0 Å². The number of piperidine rings is 1. The first-order valence-corrected chi connectivity index (χ1v) is 10.8. The second kappa shape index (κ2) is 10.8. The molecule has 7 nitrogen and oxygen atoms in total. The van der Waals surface area contributed by atoms with Crippen LogP contribution in [0.4, 0.5) is 0 Å². The number of rotatable bonds is 6. The number of likely N-dealkylation sites (tertiary alicyclic amines) is 1. The molecule has 1 aromatic carbocycles. The highest BCUT2D eigenvalue weighted by atomic mass is 127. The van der Waals surface area contributed by atoms with Crippen molar-refractivity contribution in [3.05, 3.63) is 29.8 Å². The average molecular weight is 508 g/mol. The zero-order valence-corrected chi connectivity index (χ0v) is 19.0. The number of amides is 1. The van der Waals surface area contributed by atoms with Crippen LogP contribution in [0.5, 0.6) is 0 Å². The Morgan fingerprint density at radius 2 is 2.00 bits per heavy atom. The summed E-state index contributed by atoms with van der Waals surface area (Å²) in [7, 11) is -3.19. The molecule has 0 spiro atoms. The molecule has 0 saturated carbocycles. The number of primary amides is 1. The van der Waals surface area contributed by atoms with Crippen molar-refractivity contribution in [2.75, 3.05) is 25.9 Å². The van der Waals surface area contributed by atoms with E-state index < -0.39 is 9.84 Å². The summed E-state index contributed by atoms with van der Waals surface area (Å²) in [5, 5.41) is 3.30. The van der Waals surface area contributed by atoms with Crippen molar-refractivity contribution < 1.29 is 13.2 Å². The lowest BCUT2D eigenvalue weighted by molar-refractivity contribution is -0.119. The van der Waals surface area contributed by atoms with E-state index in [2.05, 4.69) is 15.2 Å². The second-order valence-electron chi connectivity index (χ2n) is 6.71. The fraction of sp³-hybridized carbons (Fsp3) is 0.556. The van der Waals surface area contributed by atoms with E-state index in [1.165, 1.54) is 6.26 Å². The van der Waals surface area contributed by atoms with Gasteiger partial charge < -0.3 is 16.0 Å². The normalized spacial score (nSPS) is 17.9. The van der Waals surface area contributed by atoms with Gasteiger partial charge in [-0.15, -0.1) is 24.0 Å². The van der Waals surface area contributed by atoms with Crippen LogP contribution in [-0.4, -0.2) is 51.1 Å². The molecule has 1 amide bonds. The molecule has 2 rings (SSSR count). The standard InChI is InChI=1S/C18H28N4O3S.HI/c1-3-20-18(22-10-4-5-15(13-22)11-17(19)23)21-12-14-6-8-16(9-7-14)26(2,24)25;/h6-9,15H,3-5,10-13H2,1-2H3,(H2,19,23)(H,20,21);1H. The third-order valence-electron chi connectivity index (χ3n) is 4.41. The Bertz CT molecular complexity index is 750. The number of carbonyl (C=O) groups is 1. The average Bonchev–Trinajstić information content (AvgIpc) is 2.58. The molecule has 1 aliphatic rings. The van der Waals surface area contributed by atoms with E-state index in [0.29, 0.717) is 17.9 Å². The number of aliphatic imine (C=N–C) groups is 1. The van der Waals surface area contributed by atoms with E-state index in [4.69, 9.17) is 5.73 Å². The molecule has 27 heavy (non-hydrogen) atoms. The molecule has 0 aliphatic carbocycles. The minimum Gasteiger partial charge on any atom is -0.370 e. The van der Waals surface area contributed by atoms with Crippen LogP contribution >= 0.6 is 24.0 Å². The van der Waals surface area contributed by atoms with Gasteiger partial charge >= 0.3 is 0 Å². The molecule has 0 aromatic heterocycles. The summed E-state index contributed by atoms with van der Waals surface area (Å²) in [4.78, 5) is 18.4. The van der Waals surface area contributed by atoms with Crippen LogP contribution in [0, 0.1) is 5.92 Å². The van der Waals surface area contributed by atoms with E-state index in [1.807, 2.05) is 6.92 Å². The van der Waals surface area contributed by atoms with Crippen LogP contribution in [-0.2, 0) is 21.2 Å². The minimum absolute atomic E-state index is 0. The third-order valence-corrected chi connectivity index (χ3v) is 5.53. The lowest BCUT2D eigenvalue weighted by atomic mass is 9.95. The summed E-state index contributed by atoms with van der Waals surface area (Å²) in [6.07, 6.45) is 3.61. The largest absolute Gasteiger partial charge is 0.370 e. The van der Waals surface area contributed by atoms with E-state index in [9.17, 15) is 13.2 Å². The lowest BCUT2D eigenvalue weighted by Crippen LogP contribution is -2.47. The highest BCUT2D eigenvalue weighted by Crippen LogP contribution is 2.19. The van der Waals surface area contributed by atoms with Crippen molar-refractivity contribution in [2.45, 2.75) is 37.6 Å². The second-order valence-corrected chi connectivity index (χ2v) is 8.73. The van der Waals surface area contributed by atoms with Crippen LogP contribution < -0.4 is 11.1 Å². The lowest BCUT2D eigenvalue weighted by Gasteiger charge is -2.34. The van der Waals surface area contributed by atoms with Gasteiger partial charge in [0.2, 0.25) is 5.91 Å². The fourth-order valence-corrected chi connectivity index (χ4v) is 3.77. The summed E-state index contributed by atoms with van der Waals surface area (Å²) in [6.45, 7) is 4.89. The topological polar surface area (TPSA) is 105 Å². The molecule has 152 valence electrons. The number of halogens is 1. The van der Waals surface area contributed by atoms with Crippen molar-refractivity contribution in [2.24, 2.45) is 16.6 Å². The molecular weight excluding hydrogens is 479 g/mol. The number of hydrogen-bond acceptors (Lipinski definition) is 4. The van der Waals surface area contributed by atoms with E-state index in [0.717, 1.165) is 44.0 Å². The van der Waals surface area contributed by atoms with E-state index >= 15 is 0 Å². The molecule has 1 heterocycles. The van der Waals surface area contributed by atoms with Crippen LogP contribution in [0.1, 0.15) is 31.7 Å². The zero-order chi connectivity index (χ0) is 19.2. The fourth-order valence-electron chi connectivity index (χ4n) is 3.14. The van der Waals surface area contributed by atoms with Crippen molar-refractivity contribution >= 4 is 45.7 Å². The van der Waals surface area contributed by atoms with Gasteiger partial charge in [-0.1, -0.05) is 12.1 Å². The van der Waals surface area contributed by atoms with Crippen molar-refractivity contribution in [3.8, 4) is 0 Å². The van der Waals surface area contributed by atoms with Gasteiger partial charge in [0, 0.05) is 32.3 Å². The first kappa shape index (κ1) is 23.7. The molecule has 1 aromatic rings. The number of carbonyl (C=O) groups excluding carboxylic acids is 1. The Balaban J connectivity index is 0.00000364. The SMILES string of the molecule is CCNC(=NCc1ccc(S(C)(=O)=O)cc1)N1CCCC(CC(N)=O)C1.I. The van der Waals surface area contributed by atoms with E-state index in [-0.39, 0.29) is 35.8 Å². The van der Waals surface area contributed by atoms with Gasteiger partial charge in [-0.05, 0) is 43.4 Å². The monoisotopic (exact) mass is 508 g/mol. The van der Waals surface area contributed by atoms with Crippen LogP contribution in [0.15, 0.2) is 34.2 Å². The van der Waals surface area contributed by atoms with Gasteiger partial charge in [0.05, 0.1) is 11.4 Å². The van der Waals surface area contributed by atoms with Gasteiger partial charge in [0.25, 0.3) is 0 Å². The molecule has 1 fully saturated rings. The van der Waals surface area contributed by atoms with Gasteiger partial charge in [-0.3, -0.25) is 4.79 Å². The molecule has 1 unspecified atom stereocenters. The maximum atomic E-state index is 11.5. The maximum Gasteiger partial charge on any atom is 0.217 e. The highest BCUT2D eigenvalue weighted by Gasteiger charge is 2.23. The summed E-state index contributed by atoms with van der Waals surface area (Å²) < 4.78 is 23.1. The van der Waals surface area contributed by atoms with Crippen LogP contribution in [0.2, 0.25) is 0 Å². The Morgan fingerprint density at radius 1 is 1.33 bits per heavy atom. The molecule has 1 aliphatic heterocycles. The summed E-state index contributed by atoms with van der Waals surface area (Å²) in [6, 6.07) is 6.79. The quantitative estimate of drug-likeness (QED) is 0.346. The number of guanidine groups is 1. The Morgan fingerprint density at radius 3 is 2.56 bits per heavy atom. The first-order chi connectivity index (χ1) is 12.3. The molecule has 9 heteroatoms. The predicted molar refractivity (Wildman–Crippen MR) is 118 cm³/mol. The van der Waals surface area contributed by atoms with Crippen LogP contribution in [0.3, 0.4) is 0 Å². The number of nitrogens with zero attached hydrogens (tertiary/aromatic N) is 2. The smallest absolute Gasteiger partial charge is 0.217 e. The molecule has 0 radical (unpaired) electrons. The zero-order valence-electron chi connectivity index (χ0n) is 15.8. The summed E-state index contributed by atoms with van der Waals surface area (Å²) >= 11 is 0.